The maximum atomic E-state index is 12.4. The number of sulfonamides is 1. The summed E-state index contributed by atoms with van der Waals surface area (Å²) in [5, 5.41) is 3.53. The molecule has 1 saturated heterocycles. The Morgan fingerprint density at radius 2 is 2.10 bits per heavy atom. The molecule has 114 valence electrons. The molecule has 1 aromatic carbocycles. The fourth-order valence-electron chi connectivity index (χ4n) is 2.28. The van der Waals surface area contributed by atoms with Gasteiger partial charge in [0.15, 0.2) is 0 Å². The van der Waals surface area contributed by atoms with E-state index in [2.05, 4.69) is 10.0 Å². The predicted octanol–water partition coefficient (Wildman–Crippen LogP) is 2.49. The highest BCUT2D eigenvalue weighted by Gasteiger charge is 2.27. The van der Waals surface area contributed by atoms with E-state index >= 15 is 0 Å². The number of nitrogens with one attached hydrogen (secondary N) is 2. The molecule has 1 fully saturated rings. The van der Waals surface area contributed by atoms with Gasteiger partial charge in [0.05, 0.1) is 5.02 Å². The lowest BCUT2D eigenvalue weighted by molar-refractivity contribution is 0.349. The zero-order valence-corrected chi connectivity index (χ0v) is 13.9. The van der Waals surface area contributed by atoms with Gasteiger partial charge < -0.3 is 5.32 Å². The Morgan fingerprint density at radius 1 is 1.40 bits per heavy atom. The average molecular weight is 339 g/mol. The molecule has 2 N–H and O–H groups in total. The van der Waals surface area contributed by atoms with E-state index in [1.54, 1.807) is 18.2 Å². The SMILES string of the molecule is Cc1ccc(Cl)c(S(=O)(=O)NC2CCCNC2C)c1.Cl. The quantitative estimate of drug-likeness (QED) is 0.890. The van der Waals surface area contributed by atoms with E-state index in [0.29, 0.717) is 0 Å². The van der Waals surface area contributed by atoms with Gasteiger partial charge in [-0.1, -0.05) is 17.7 Å². The van der Waals surface area contributed by atoms with Gasteiger partial charge in [-0.15, -0.1) is 12.4 Å². The monoisotopic (exact) mass is 338 g/mol. The highest BCUT2D eigenvalue weighted by Crippen LogP contribution is 2.23. The maximum absolute atomic E-state index is 12.4. The van der Waals surface area contributed by atoms with Crippen LogP contribution in [0.25, 0.3) is 0 Å². The van der Waals surface area contributed by atoms with Crippen molar-refractivity contribution in [3.8, 4) is 0 Å². The summed E-state index contributed by atoms with van der Waals surface area (Å²) >= 11 is 6.00. The molecule has 0 aliphatic carbocycles. The Morgan fingerprint density at radius 3 is 2.75 bits per heavy atom. The van der Waals surface area contributed by atoms with Crippen LogP contribution in [0.5, 0.6) is 0 Å². The first kappa shape index (κ1) is 17.7. The molecule has 1 aliphatic rings. The first-order valence-corrected chi connectivity index (χ1v) is 8.28. The molecule has 0 amide bonds. The van der Waals surface area contributed by atoms with Gasteiger partial charge in [0.1, 0.15) is 4.90 Å². The van der Waals surface area contributed by atoms with E-state index in [0.717, 1.165) is 24.9 Å². The van der Waals surface area contributed by atoms with Crippen molar-refractivity contribution in [3.05, 3.63) is 28.8 Å². The molecular weight excluding hydrogens is 319 g/mol. The van der Waals surface area contributed by atoms with Gasteiger partial charge in [-0.2, -0.15) is 0 Å². The Labute approximate surface area is 131 Å². The minimum Gasteiger partial charge on any atom is -0.313 e. The Balaban J connectivity index is 0.00000200. The Kier molecular flexibility index (Phi) is 6.28. The fourth-order valence-corrected chi connectivity index (χ4v) is 4.22. The number of benzene rings is 1. The van der Waals surface area contributed by atoms with E-state index < -0.39 is 10.0 Å². The average Bonchev–Trinajstić information content (AvgIpc) is 2.35. The van der Waals surface area contributed by atoms with Crippen molar-refractivity contribution in [2.45, 2.75) is 43.7 Å². The second-order valence-electron chi connectivity index (χ2n) is 5.05. The van der Waals surface area contributed by atoms with Crippen molar-refractivity contribution in [2.75, 3.05) is 6.54 Å². The van der Waals surface area contributed by atoms with Crippen LogP contribution < -0.4 is 10.0 Å². The van der Waals surface area contributed by atoms with Gasteiger partial charge in [0.25, 0.3) is 0 Å². The first-order chi connectivity index (χ1) is 8.90. The molecule has 2 unspecified atom stereocenters. The van der Waals surface area contributed by atoms with Crippen molar-refractivity contribution in [3.63, 3.8) is 0 Å². The number of hydrogen-bond acceptors (Lipinski definition) is 3. The summed E-state index contributed by atoms with van der Waals surface area (Å²) in [7, 11) is -3.57. The molecule has 0 aromatic heterocycles. The summed E-state index contributed by atoms with van der Waals surface area (Å²) in [6, 6.07) is 5.06. The van der Waals surface area contributed by atoms with Crippen molar-refractivity contribution >= 4 is 34.0 Å². The molecule has 4 nitrogen and oxygen atoms in total. The molecule has 0 spiro atoms. The second-order valence-corrected chi connectivity index (χ2v) is 7.14. The van der Waals surface area contributed by atoms with Crippen molar-refractivity contribution in [1.29, 1.82) is 0 Å². The maximum Gasteiger partial charge on any atom is 0.242 e. The summed E-state index contributed by atoms with van der Waals surface area (Å²) < 4.78 is 27.5. The third kappa shape index (κ3) is 4.09. The topological polar surface area (TPSA) is 58.2 Å². The Hall–Kier alpha value is -0.330. The number of rotatable bonds is 3. The summed E-state index contributed by atoms with van der Waals surface area (Å²) in [6.45, 7) is 4.77. The van der Waals surface area contributed by atoms with Gasteiger partial charge in [-0.25, -0.2) is 13.1 Å². The molecule has 0 bridgehead atoms. The third-order valence-corrected chi connectivity index (χ3v) is 5.42. The Bertz CT molecular complexity index is 563. The van der Waals surface area contributed by atoms with Gasteiger partial charge >= 0.3 is 0 Å². The standard InChI is InChI=1S/C13H19ClN2O2S.ClH/c1-9-5-6-11(14)13(8-9)19(17,18)16-12-4-3-7-15-10(12)2;/h5-6,8,10,12,15-16H,3-4,7H2,1-2H3;1H. The lowest BCUT2D eigenvalue weighted by Gasteiger charge is -2.30. The van der Waals surface area contributed by atoms with Gasteiger partial charge in [-0.3, -0.25) is 0 Å². The summed E-state index contributed by atoms with van der Waals surface area (Å²) in [4.78, 5) is 0.159. The smallest absolute Gasteiger partial charge is 0.242 e. The minimum atomic E-state index is -3.57. The van der Waals surface area contributed by atoms with Crippen LogP contribution in [0.3, 0.4) is 0 Å². The van der Waals surface area contributed by atoms with Gasteiger partial charge in [0.2, 0.25) is 10.0 Å². The lowest BCUT2D eigenvalue weighted by Crippen LogP contribution is -2.51. The van der Waals surface area contributed by atoms with Crippen LogP contribution in [-0.2, 0) is 10.0 Å². The molecule has 2 atom stereocenters. The molecule has 1 heterocycles. The molecule has 1 aromatic rings. The van der Waals surface area contributed by atoms with Crippen LogP contribution in [-0.4, -0.2) is 27.0 Å². The highest BCUT2D eigenvalue weighted by atomic mass is 35.5. The zero-order valence-electron chi connectivity index (χ0n) is 11.5. The van der Waals surface area contributed by atoms with Gasteiger partial charge in [0, 0.05) is 12.1 Å². The molecule has 1 aliphatic heterocycles. The summed E-state index contributed by atoms with van der Waals surface area (Å²) in [5.74, 6) is 0. The first-order valence-electron chi connectivity index (χ1n) is 6.42. The van der Waals surface area contributed by atoms with E-state index in [1.165, 1.54) is 0 Å². The third-order valence-electron chi connectivity index (χ3n) is 3.44. The highest BCUT2D eigenvalue weighted by molar-refractivity contribution is 7.89. The van der Waals surface area contributed by atoms with Crippen molar-refractivity contribution in [2.24, 2.45) is 0 Å². The molecule has 20 heavy (non-hydrogen) atoms. The van der Waals surface area contributed by atoms with Crippen LogP contribution in [0, 0.1) is 6.92 Å². The van der Waals surface area contributed by atoms with Crippen LogP contribution in [0.2, 0.25) is 5.02 Å². The van der Waals surface area contributed by atoms with Crippen LogP contribution in [0.1, 0.15) is 25.3 Å². The van der Waals surface area contributed by atoms with Gasteiger partial charge in [-0.05, 0) is 50.9 Å². The largest absolute Gasteiger partial charge is 0.313 e. The lowest BCUT2D eigenvalue weighted by atomic mass is 10.0. The molecule has 0 radical (unpaired) electrons. The van der Waals surface area contributed by atoms with E-state index in [1.807, 2.05) is 13.8 Å². The minimum absolute atomic E-state index is 0. The fraction of sp³-hybridized carbons (Fsp3) is 0.538. The number of aryl methyl sites for hydroxylation is 1. The second kappa shape index (κ2) is 7.09. The molecular formula is C13H20Cl2N2O2S. The van der Waals surface area contributed by atoms with E-state index in [-0.39, 0.29) is 34.4 Å². The van der Waals surface area contributed by atoms with Crippen LogP contribution in [0.15, 0.2) is 23.1 Å². The van der Waals surface area contributed by atoms with Crippen molar-refractivity contribution < 1.29 is 8.42 Å². The predicted molar refractivity (Wildman–Crippen MR) is 84.2 cm³/mol. The number of piperidine rings is 1. The summed E-state index contributed by atoms with van der Waals surface area (Å²) in [6.07, 6.45) is 1.82. The number of hydrogen-bond donors (Lipinski definition) is 2. The summed E-state index contributed by atoms with van der Waals surface area (Å²) in [5.41, 5.74) is 0.875. The van der Waals surface area contributed by atoms with Crippen LogP contribution >= 0.6 is 24.0 Å². The zero-order chi connectivity index (χ0) is 14.0. The van der Waals surface area contributed by atoms with Crippen LogP contribution in [0.4, 0.5) is 0 Å². The normalized spacial score (nSPS) is 23.1. The molecule has 0 saturated carbocycles. The molecule has 7 heteroatoms. The number of halogens is 2. The van der Waals surface area contributed by atoms with E-state index in [9.17, 15) is 8.42 Å². The van der Waals surface area contributed by atoms with E-state index in [4.69, 9.17) is 11.6 Å². The van der Waals surface area contributed by atoms with Crippen molar-refractivity contribution in [1.82, 2.24) is 10.0 Å². The molecule has 2 rings (SSSR count).